The molecule has 5 heterocycles. The number of hydrogen-bond acceptors (Lipinski definition) is 14. The zero-order valence-electron chi connectivity index (χ0n) is 53.8. The fourth-order valence-corrected chi connectivity index (χ4v) is 17.1. The first-order valence-electron chi connectivity index (χ1n) is 31.8. The first kappa shape index (κ1) is 67.1. The van der Waals surface area contributed by atoms with Crippen molar-refractivity contribution in [2.45, 2.75) is 137 Å². The fraction of sp³-hybridized carbons (Fsp3) is 0.397. The normalized spacial score (nSPS) is 11.8. The van der Waals surface area contributed by atoms with Crippen molar-refractivity contribution in [3.8, 4) is 67.8 Å². The van der Waals surface area contributed by atoms with E-state index in [2.05, 4.69) is 81.2 Å². The minimum atomic E-state index is -2.25. The van der Waals surface area contributed by atoms with Crippen LogP contribution in [0.4, 0.5) is 0 Å². The number of aromatic amines is 2. The Hall–Kier alpha value is -8.88. The van der Waals surface area contributed by atoms with Crippen LogP contribution in [-0.2, 0) is 38.1 Å². The van der Waals surface area contributed by atoms with Gasteiger partial charge in [0.1, 0.15) is 31.1 Å². The Morgan fingerprint density at radius 1 is 0.444 bits per heavy atom. The maximum atomic E-state index is 12.5. The SMILES string of the molecule is CCOC(=O)CCCOc1cccc(OCCCC(=O)OCC)c1-c1c2nc(c(-c3ccccc3C#C[Si](C(C)C)(C(C)C)C(C)C)c3ccc([nH]3)c(-c3c(OCCCC(=O)OCC)cccc3OCCCC(=O)OCC)c3nc(cc4ccc1[nH]4)C=C3)C=C2. The van der Waals surface area contributed by atoms with Crippen molar-refractivity contribution in [1.29, 1.82) is 0 Å². The molecule has 8 rings (SSSR count). The van der Waals surface area contributed by atoms with E-state index < -0.39 is 8.07 Å². The van der Waals surface area contributed by atoms with Crippen molar-refractivity contribution in [2.75, 3.05) is 52.9 Å². The van der Waals surface area contributed by atoms with Gasteiger partial charge >= 0.3 is 23.9 Å². The molecule has 2 N–H and O–H groups in total. The van der Waals surface area contributed by atoms with Gasteiger partial charge in [0, 0.05) is 75.6 Å². The number of H-pyrrole nitrogens is 2. The summed E-state index contributed by atoms with van der Waals surface area (Å²) in [6, 6.07) is 29.6. The highest BCUT2D eigenvalue weighted by molar-refractivity contribution is 6.90. The van der Waals surface area contributed by atoms with Gasteiger partial charge in [0.05, 0.1) is 86.8 Å². The third-order valence-electron chi connectivity index (χ3n) is 15.9. The first-order valence-corrected chi connectivity index (χ1v) is 34.0. The van der Waals surface area contributed by atoms with Gasteiger partial charge in [-0.2, -0.15) is 0 Å². The second-order valence-electron chi connectivity index (χ2n) is 22.8. The summed E-state index contributed by atoms with van der Waals surface area (Å²) >= 11 is 0. The molecule has 0 amide bonds. The molecule has 2 aliphatic heterocycles. The van der Waals surface area contributed by atoms with E-state index >= 15 is 0 Å². The van der Waals surface area contributed by atoms with Crippen LogP contribution in [0.2, 0.25) is 16.6 Å². The summed E-state index contributed by atoms with van der Waals surface area (Å²) in [4.78, 5) is 68.6. The topological polar surface area (TPSA) is 199 Å². The molecule has 17 heteroatoms. The van der Waals surface area contributed by atoms with Gasteiger partial charge in [-0.25, -0.2) is 9.97 Å². The standard InChI is InChI=1S/C73H86N4O12Si/c1-11-82-65(78)29-19-42-86-61-25-17-26-62(87-43-20-30-66(79)83-12-2)72(61)70-57-35-33-52(74-57)47-53-34-36-58(75-53)71(73-63(88-44-21-31-67(80)84-13-3)27-18-28-64(73)89-45-22-32-68(81)85-14-4)60-40-38-56(77-60)69(55-37-39-59(70)76-55)54-24-16-15-23-51(54)41-46-90(48(5)6,49(7)8)50(9)10/h15-18,23-28,33-40,47-50,74,77H,11-14,19-22,29-32,42-45H2,1-10H3. The monoisotopic (exact) mass is 1240 g/mol. The third kappa shape index (κ3) is 16.7. The van der Waals surface area contributed by atoms with Gasteiger partial charge in [0.2, 0.25) is 0 Å². The second-order valence-corrected chi connectivity index (χ2v) is 28.4. The molecule has 0 spiro atoms. The van der Waals surface area contributed by atoms with E-state index in [4.69, 9.17) is 47.9 Å². The fourth-order valence-electron chi connectivity index (χ4n) is 11.9. The Labute approximate surface area is 530 Å². The summed E-state index contributed by atoms with van der Waals surface area (Å²) in [5.41, 5.74) is 15.6. The molecule has 0 aliphatic carbocycles. The molecule has 0 radical (unpaired) electrons. The number of benzene rings is 3. The van der Waals surface area contributed by atoms with E-state index in [0.717, 1.165) is 27.7 Å². The van der Waals surface area contributed by atoms with E-state index in [1.165, 1.54) is 0 Å². The molecule has 3 aromatic carbocycles. The number of hydrogen-bond donors (Lipinski definition) is 2. The van der Waals surface area contributed by atoms with Crippen LogP contribution < -0.4 is 18.9 Å². The lowest BCUT2D eigenvalue weighted by molar-refractivity contribution is -0.144. The Kier molecular flexibility index (Phi) is 24.3. The summed E-state index contributed by atoms with van der Waals surface area (Å²) < 4.78 is 47.6. The molecule has 0 saturated heterocycles. The summed E-state index contributed by atoms with van der Waals surface area (Å²) in [5, 5.41) is 0. The van der Waals surface area contributed by atoms with Crippen molar-refractivity contribution >= 4 is 78.3 Å². The highest BCUT2D eigenvalue weighted by Crippen LogP contribution is 2.47. The van der Waals surface area contributed by atoms with Crippen molar-refractivity contribution < 1.29 is 57.1 Å². The summed E-state index contributed by atoms with van der Waals surface area (Å²) in [5.74, 6) is 4.59. The largest absolute Gasteiger partial charge is 0.493 e. The van der Waals surface area contributed by atoms with Crippen molar-refractivity contribution in [3.63, 3.8) is 0 Å². The van der Waals surface area contributed by atoms with Crippen LogP contribution in [0.1, 0.15) is 149 Å². The number of nitrogens with zero attached hydrogens (tertiary/aromatic N) is 2. The average Bonchev–Trinajstić information content (AvgIpc) is 1.56. The summed E-state index contributed by atoms with van der Waals surface area (Å²) in [7, 11) is -2.25. The molecule has 6 aromatic rings. The number of carbonyl (C=O) groups excluding carboxylic acids is 4. The summed E-state index contributed by atoms with van der Waals surface area (Å²) in [6.07, 6.45) is 10.3. The molecule has 0 saturated carbocycles. The lowest BCUT2D eigenvalue weighted by Gasteiger charge is -2.38. The molecule has 0 unspecified atom stereocenters. The lowest BCUT2D eigenvalue weighted by Crippen LogP contribution is -2.43. The van der Waals surface area contributed by atoms with Crippen LogP contribution in [0.15, 0.2) is 91.0 Å². The van der Waals surface area contributed by atoms with E-state index in [9.17, 15) is 19.2 Å². The number of fused-ring (bicyclic) bond motifs is 8. The van der Waals surface area contributed by atoms with E-state index in [1.54, 1.807) is 27.7 Å². The number of aromatic nitrogens is 4. The van der Waals surface area contributed by atoms with Gasteiger partial charge < -0.3 is 47.9 Å². The number of carbonyl (C=O) groups is 4. The predicted octanol–water partition coefficient (Wildman–Crippen LogP) is 16.1. The van der Waals surface area contributed by atoms with Gasteiger partial charge in [-0.3, -0.25) is 19.2 Å². The number of ether oxygens (including phenoxy) is 8. The van der Waals surface area contributed by atoms with Crippen molar-refractivity contribution in [1.82, 2.24) is 19.9 Å². The minimum Gasteiger partial charge on any atom is -0.493 e. The Balaban J connectivity index is 1.44. The van der Waals surface area contributed by atoms with E-state index in [-0.39, 0.29) is 102 Å². The maximum absolute atomic E-state index is 12.5. The van der Waals surface area contributed by atoms with E-state index in [1.807, 2.05) is 97.1 Å². The highest BCUT2D eigenvalue weighted by atomic mass is 28.3. The van der Waals surface area contributed by atoms with Crippen LogP contribution in [0, 0.1) is 11.5 Å². The first-order chi connectivity index (χ1) is 43.6. The van der Waals surface area contributed by atoms with Gasteiger partial charge in [0.15, 0.2) is 0 Å². The van der Waals surface area contributed by atoms with Gasteiger partial charge in [0.25, 0.3) is 0 Å². The third-order valence-corrected chi connectivity index (χ3v) is 22.2. The Morgan fingerprint density at radius 2 is 0.833 bits per heavy atom. The van der Waals surface area contributed by atoms with Gasteiger partial charge in [-0.05, 0) is 155 Å². The van der Waals surface area contributed by atoms with Crippen molar-refractivity contribution in [2.24, 2.45) is 0 Å². The second kappa shape index (κ2) is 32.6. The zero-order valence-corrected chi connectivity index (χ0v) is 54.8. The number of esters is 4. The maximum Gasteiger partial charge on any atom is 0.305 e. The molecule has 0 fully saturated rings. The van der Waals surface area contributed by atoms with Gasteiger partial charge in [-0.15, -0.1) is 5.54 Å². The number of nitrogens with one attached hydrogen (secondary N) is 2. The minimum absolute atomic E-state index is 0.178. The van der Waals surface area contributed by atoms with Gasteiger partial charge in [-0.1, -0.05) is 77.8 Å². The predicted molar refractivity (Wildman–Crippen MR) is 359 cm³/mol. The Bertz CT molecular complexity index is 3600. The smallest absolute Gasteiger partial charge is 0.305 e. The molecular formula is C73H86N4O12Si. The molecule has 0 atom stereocenters. The summed E-state index contributed by atoms with van der Waals surface area (Å²) in [6.45, 7) is 23.0. The molecule has 3 aromatic heterocycles. The van der Waals surface area contributed by atoms with Crippen LogP contribution in [0.25, 0.3) is 79.8 Å². The average molecular weight is 1240 g/mol. The highest BCUT2D eigenvalue weighted by Gasteiger charge is 2.42. The lowest BCUT2D eigenvalue weighted by atomic mass is 9.98. The van der Waals surface area contributed by atoms with Crippen LogP contribution in [0.5, 0.6) is 23.0 Å². The molecule has 474 valence electrons. The van der Waals surface area contributed by atoms with Crippen LogP contribution in [-0.4, -0.2) is 105 Å². The van der Waals surface area contributed by atoms with Crippen LogP contribution >= 0.6 is 0 Å². The zero-order chi connectivity index (χ0) is 64.2. The Morgan fingerprint density at radius 3 is 1.28 bits per heavy atom. The number of rotatable bonds is 30. The quantitative estimate of drug-likeness (QED) is 0.0142. The van der Waals surface area contributed by atoms with Crippen LogP contribution in [0.3, 0.4) is 0 Å². The molecule has 90 heavy (non-hydrogen) atoms. The molecule has 8 bridgehead atoms. The molecule has 16 nitrogen and oxygen atoms in total. The van der Waals surface area contributed by atoms with Crippen molar-refractivity contribution in [3.05, 3.63) is 119 Å². The molecular weight excluding hydrogens is 1150 g/mol. The molecule has 2 aliphatic rings. The van der Waals surface area contributed by atoms with E-state index in [0.29, 0.717) is 121 Å².